The number of aliphatic hydroxyl groups excluding tert-OH is 2. The minimum atomic E-state index is -1.52. The van der Waals surface area contributed by atoms with Crippen LogP contribution in [0.2, 0.25) is 0 Å². The lowest BCUT2D eigenvalue weighted by Crippen LogP contribution is -2.55. The summed E-state index contributed by atoms with van der Waals surface area (Å²) < 4.78 is 0. The predicted octanol–water partition coefficient (Wildman–Crippen LogP) is -0.913. The first kappa shape index (κ1) is 15.8. The first-order chi connectivity index (χ1) is 7.20. The lowest BCUT2D eigenvalue weighted by Gasteiger charge is -2.42. The highest BCUT2D eigenvalue weighted by molar-refractivity contribution is 4.95. The Hall–Kier alpha value is -0.200. The summed E-state index contributed by atoms with van der Waals surface area (Å²) in [4.78, 5) is 0. The molecule has 4 atom stereocenters. The Kier molecular flexibility index (Phi) is 5.86. The second-order valence-corrected chi connectivity index (χ2v) is 4.86. The zero-order valence-electron chi connectivity index (χ0n) is 10.6. The van der Waals surface area contributed by atoms with E-state index in [1.165, 1.54) is 6.92 Å². The Morgan fingerprint density at radius 1 is 1.25 bits per heavy atom. The van der Waals surface area contributed by atoms with E-state index in [1.54, 1.807) is 20.9 Å². The average molecular weight is 235 g/mol. The third kappa shape index (κ3) is 3.68. The van der Waals surface area contributed by atoms with Crippen molar-refractivity contribution in [1.29, 1.82) is 0 Å². The van der Waals surface area contributed by atoms with Gasteiger partial charge in [0.25, 0.3) is 0 Å². The highest BCUT2D eigenvalue weighted by Gasteiger charge is 2.44. The zero-order chi connectivity index (χ0) is 13.0. The molecule has 5 nitrogen and oxygen atoms in total. The fraction of sp³-hybridized carbons (Fsp3) is 1.00. The Balaban J connectivity index is 4.68. The van der Waals surface area contributed by atoms with Gasteiger partial charge in [-0.05, 0) is 33.9 Å². The van der Waals surface area contributed by atoms with Gasteiger partial charge in [0, 0.05) is 5.92 Å². The number of aliphatic hydroxyl groups is 4. The minimum Gasteiger partial charge on any atom is -0.394 e. The van der Waals surface area contributed by atoms with Gasteiger partial charge in [0.05, 0.1) is 17.8 Å². The summed E-state index contributed by atoms with van der Waals surface area (Å²) in [6.07, 6.45) is -0.803. The molecule has 4 unspecified atom stereocenters. The van der Waals surface area contributed by atoms with Crippen molar-refractivity contribution in [3.63, 3.8) is 0 Å². The van der Waals surface area contributed by atoms with Gasteiger partial charge in [0.2, 0.25) is 0 Å². The largest absolute Gasteiger partial charge is 0.394 e. The van der Waals surface area contributed by atoms with Crippen LogP contribution in [0.5, 0.6) is 0 Å². The summed E-state index contributed by atoms with van der Waals surface area (Å²) >= 11 is 0. The molecule has 0 amide bonds. The van der Waals surface area contributed by atoms with E-state index in [0.717, 1.165) is 0 Å². The van der Waals surface area contributed by atoms with Gasteiger partial charge in [0.1, 0.15) is 6.10 Å². The summed E-state index contributed by atoms with van der Waals surface area (Å²) in [7, 11) is 1.78. The maximum atomic E-state index is 10.2. The molecule has 0 heterocycles. The maximum Gasteiger partial charge on any atom is 0.106 e. The highest BCUT2D eigenvalue weighted by atomic mass is 16.4. The third-order valence-electron chi connectivity index (χ3n) is 3.54. The fourth-order valence-corrected chi connectivity index (χ4v) is 1.70. The van der Waals surface area contributed by atoms with E-state index < -0.39 is 29.8 Å². The van der Waals surface area contributed by atoms with E-state index in [9.17, 15) is 15.3 Å². The highest BCUT2D eigenvalue weighted by Crippen LogP contribution is 2.32. The van der Waals surface area contributed by atoms with E-state index >= 15 is 0 Å². The molecule has 0 saturated heterocycles. The number of nitrogens with one attached hydrogen (secondary N) is 1. The van der Waals surface area contributed by atoms with E-state index in [2.05, 4.69) is 5.32 Å². The topological polar surface area (TPSA) is 93.0 Å². The van der Waals surface area contributed by atoms with Crippen molar-refractivity contribution in [2.45, 2.75) is 44.5 Å². The molecule has 0 aliphatic rings. The third-order valence-corrected chi connectivity index (χ3v) is 3.54. The summed E-state index contributed by atoms with van der Waals surface area (Å²) in [5.41, 5.74) is -2.63. The molecular formula is C11H25NO4. The van der Waals surface area contributed by atoms with Crippen LogP contribution < -0.4 is 5.32 Å². The van der Waals surface area contributed by atoms with Crippen LogP contribution in [-0.2, 0) is 0 Å². The van der Waals surface area contributed by atoms with Crippen LogP contribution in [0.15, 0.2) is 0 Å². The van der Waals surface area contributed by atoms with E-state index in [4.69, 9.17) is 5.11 Å². The molecule has 0 aliphatic carbocycles. The van der Waals surface area contributed by atoms with Crippen molar-refractivity contribution < 1.29 is 20.4 Å². The van der Waals surface area contributed by atoms with Crippen LogP contribution in [0, 0.1) is 5.92 Å². The average Bonchev–Trinajstić information content (AvgIpc) is 2.23. The van der Waals surface area contributed by atoms with Crippen LogP contribution >= 0.6 is 0 Å². The lowest BCUT2D eigenvalue weighted by atomic mass is 9.74. The molecule has 0 bridgehead atoms. The Morgan fingerprint density at radius 2 is 1.75 bits per heavy atom. The van der Waals surface area contributed by atoms with Crippen molar-refractivity contribution in [2.24, 2.45) is 5.92 Å². The number of rotatable bonds is 7. The second kappa shape index (κ2) is 5.93. The molecule has 0 spiro atoms. The summed E-state index contributed by atoms with van der Waals surface area (Å²) in [5, 5.41) is 41.6. The molecule has 0 aromatic heterocycles. The van der Waals surface area contributed by atoms with E-state index in [0.29, 0.717) is 13.0 Å². The Labute approximate surface area is 97.1 Å². The molecule has 0 fully saturated rings. The normalized spacial score (nSPS) is 23.2. The van der Waals surface area contributed by atoms with Crippen molar-refractivity contribution >= 4 is 0 Å². The second-order valence-electron chi connectivity index (χ2n) is 4.86. The molecule has 0 saturated carbocycles. The monoisotopic (exact) mass is 235 g/mol. The van der Waals surface area contributed by atoms with Gasteiger partial charge in [-0.15, -0.1) is 0 Å². The summed E-state index contributed by atoms with van der Waals surface area (Å²) in [5.74, 6) is -0.560. The molecule has 0 radical (unpaired) electrons. The van der Waals surface area contributed by atoms with Crippen molar-refractivity contribution in [3.05, 3.63) is 0 Å². The molecule has 0 aromatic carbocycles. The first-order valence-corrected chi connectivity index (χ1v) is 5.58. The van der Waals surface area contributed by atoms with E-state index in [1.807, 2.05) is 0 Å². The molecule has 0 aliphatic heterocycles. The van der Waals surface area contributed by atoms with Gasteiger partial charge < -0.3 is 25.7 Å². The van der Waals surface area contributed by atoms with Crippen LogP contribution in [0.1, 0.15) is 27.2 Å². The van der Waals surface area contributed by atoms with Gasteiger partial charge >= 0.3 is 0 Å². The molecule has 5 N–H and O–H groups in total. The van der Waals surface area contributed by atoms with Gasteiger partial charge in [-0.3, -0.25) is 0 Å². The zero-order valence-corrected chi connectivity index (χ0v) is 10.6. The van der Waals surface area contributed by atoms with Gasteiger partial charge in [0.15, 0.2) is 0 Å². The number of hydrogen-bond donors (Lipinski definition) is 5. The lowest BCUT2D eigenvalue weighted by molar-refractivity contribution is -0.164. The van der Waals surface area contributed by atoms with Crippen molar-refractivity contribution in [3.8, 4) is 0 Å². The van der Waals surface area contributed by atoms with Crippen LogP contribution in [0.4, 0.5) is 0 Å². The Morgan fingerprint density at radius 3 is 2.12 bits per heavy atom. The standard InChI is InChI=1S/C11H25NO4/c1-8(10(2,15)5-6-12-4)11(3,16)9(14)7-13/h8-9,12-16H,5-7H2,1-4H3. The van der Waals surface area contributed by atoms with Gasteiger partial charge in [-0.1, -0.05) is 6.92 Å². The molecule has 5 heteroatoms. The molecule has 0 aromatic rings. The Bertz CT molecular complexity index is 206. The smallest absolute Gasteiger partial charge is 0.106 e. The number of hydrogen-bond acceptors (Lipinski definition) is 5. The fourth-order valence-electron chi connectivity index (χ4n) is 1.70. The van der Waals surface area contributed by atoms with Crippen molar-refractivity contribution in [1.82, 2.24) is 5.32 Å². The molecule has 98 valence electrons. The molecule has 16 heavy (non-hydrogen) atoms. The SMILES string of the molecule is CNCCC(C)(O)C(C)C(C)(O)C(O)CO. The predicted molar refractivity (Wildman–Crippen MR) is 62.0 cm³/mol. The minimum absolute atomic E-state index is 0.457. The van der Waals surface area contributed by atoms with E-state index in [-0.39, 0.29) is 0 Å². The summed E-state index contributed by atoms with van der Waals surface area (Å²) in [6, 6.07) is 0. The van der Waals surface area contributed by atoms with Crippen LogP contribution in [-0.4, -0.2) is 57.9 Å². The van der Waals surface area contributed by atoms with Crippen LogP contribution in [0.25, 0.3) is 0 Å². The molecule has 0 rings (SSSR count). The van der Waals surface area contributed by atoms with Crippen molar-refractivity contribution in [2.75, 3.05) is 20.2 Å². The quantitative estimate of drug-likeness (QED) is 0.394. The summed E-state index contributed by atoms with van der Waals surface area (Å²) in [6.45, 7) is 4.79. The maximum absolute atomic E-state index is 10.2. The van der Waals surface area contributed by atoms with Gasteiger partial charge in [-0.25, -0.2) is 0 Å². The molecular weight excluding hydrogens is 210 g/mol. The van der Waals surface area contributed by atoms with Crippen LogP contribution in [0.3, 0.4) is 0 Å². The first-order valence-electron chi connectivity index (χ1n) is 5.58. The van der Waals surface area contributed by atoms with Gasteiger partial charge in [-0.2, -0.15) is 0 Å².